The van der Waals surface area contributed by atoms with Crippen molar-refractivity contribution >= 4 is 40.4 Å². The van der Waals surface area contributed by atoms with Gasteiger partial charge >= 0.3 is 5.97 Å². The van der Waals surface area contributed by atoms with Crippen molar-refractivity contribution in [2.75, 3.05) is 11.9 Å². The van der Waals surface area contributed by atoms with Crippen LogP contribution < -0.4 is 5.32 Å². The summed E-state index contributed by atoms with van der Waals surface area (Å²) in [6, 6.07) is 15.4. The van der Waals surface area contributed by atoms with E-state index in [2.05, 4.69) is 15.3 Å². The van der Waals surface area contributed by atoms with Gasteiger partial charge in [0, 0.05) is 33.4 Å². The third kappa shape index (κ3) is 4.90. The number of carbonyl (C=O) groups is 1. The number of benzene rings is 2. The normalized spacial score (nSPS) is 10.7. The standard InChI is InChI=1S/C23H19ClN4O2S/c1-3-30-23(29)19-12-25-14(2)26-21(19)27-18-10-6-15(7-11-18)20-13-31-22(28-20)16-4-8-17(24)9-5-16/h4-13H,3H2,1-2H3,(H,25,26,27). The van der Waals surface area contributed by atoms with Crippen LogP contribution in [0, 0.1) is 6.92 Å². The summed E-state index contributed by atoms with van der Waals surface area (Å²) in [5.74, 6) is 0.514. The van der Waals surface area contributed by atoms with Crippen molar-refractivity contribution in [3.05, 3.63) is 76.5 Å². The summed E-state index contributed by atoms with van der Waals surface area (Å²) in [5.41, 5.74) is 4.01. The van der Waals surface area contributed by atoms with Crippen LogP contribution >= 0.6 is 22.9 Å². The third-order valence-corrected chi connectivity index (χ3v) is 5.59. The number of thiazole rings is 1. The minimum Gasteiger partial charge on any atom is -0.462 e. The monoisotopic (exact) mass is 450 g/mol. The van der Waals surface area contributed by atoms with Gasteiger partial charge in [-0.2, -0.15) is 0 Å². The van der Waals surface area contributed by atoms with E-state index in [0.717, 1.165) is 27.5 Å². The van der Waals surface area contributed by atoms with Crippen molar-refractivity contribution in [3.8, 4) is 21.8 Å². The molecule has 0 amide bonds. The number of aryl methyl sites for hydroxylation is 1. The number of halogens is 1. The van der Waals surface area contributed by atoms with E-state index in [1.807, 2.05) is 53.9 Å². The van der Waals surface area contributed by atoms with E-state index in [4.69, 9.17) is 21.3 Å². The molecule has 2 heterocycles. The Labute approximate surface area is 188 Å². The molecule has 4 rings (SSSR count). The van der Waals surface area contributed by atoms with Gasteiger partial charge in [0.2, 0.25) is 0 Å². The molecule has 0 spiro atoms. The molecule has 0 saturated heterocycles. The summed E-state index contributed by atoms with van der Waals surface area (Å²) in [7, 11) is 0. The summed E-state index contributed by atoms with van der Waals surface area (Å²) in [6.07, 6.45) is 1.48. The van der Waals surface area contributed by atoms with Crippen LogP contribution in [0.5, 0.6) is 0 Å². The minimum atomic E-state index is -0.459. The van der Waals surface area contributed by atoms with E-state index >= 15 is 0 Å². The number of hydrogen-bond acceptors (Lipinski definition) is 7. The number of ether oxygens (including phenoxy) is 1. The molecular formula is C23H19ClN4O2S. The Balaban J connectivity index is 1.54. The van der Waals surface area contributed by atoms with Gasteiger partial charge in [-0.15, -0.1) is 11.3 Å². The molecule has 0 atom stereocenters. The summed E-state index contributed by atoms with van der Waals surface area (Å²) >= 11 is 7.55. The number of rotatable bonds is 6. The quantitative estimate of drug-likeness (QED) is 0.355. The second-order valence-electron chi connectivity index (χ2n) is 6.65. The molecule has 0 unspecified atom stereocenters. The molecule has 0 aliphatic rings. The van der Waals surface area contributed by atoms with E-state index in [1.54, 1.807) is 25.2 Å². The molecule has 8 heteroatoms. The lowest BCUT2D eigenvalue weighted by atomic mass is 10.1. The lowest BCUT2D eigenvalue weighted by Crippen LogP contribution is -2.11. The molecule has 0 bridgehead atoms. The largest absolute Gasteiger partial charge is 0.462 e. The highest BCUT2D eigenvalue weighted by atomic mass is 35.5. The Morgan fingerprint density at radius 1 is 1.06 bits per heavy atom. The molecule has 2 aromatic heterocycles. The van der Waals surface area contributed by atoms with E-state index in [-0.39, 0.29) is 6.61 Å². The van der Waals surface area contributed by atoms with E-state index in [0.29, 0.717) is 22.2 Å². The molecule has 4 aromatic rings. The van der Waals surface area contributed by atoms with E-state index < -0.39 is 5.97 Å². The Hall–Kier alpha value is -3.29. The Kier molecular flexibility index (Phi) is 6.25. The zero-order chi connectivity index (χ0) is 21.8. The fraction of sp³-hybridized carbons (Fsp3) is 0.130. The topological polar surface area (TPSA) is 77.0 Å². The Morgan fingerprint density at radius 3 is 2.48 bits per heavy atom. The van der Waals surface area contributed by atoms with Crippen molar-refractivity contribution in [1.82, 2.24) is 15.0 Å². The first-order valence-corrected chi connectivity index (χ1v) is 10.9. The minimum absolute atomic E-state index is 0.284. The summed E-state index contributed by atoms with van der Waals surface area (Å²) < 4.78 is 5.10. The molecule has 1 N–H and O–H groups in total. The van der Waals surface area contributed by atoms with Crippen molar-refractivity contribution in [2.24, 2.45) is 0 Å². The van der Waals surface area contributed by atoms with Crippen molar-refractivity contribution < 1.29 is 9.53 Å². The Bertz CT molecular complexity index is 1210. The van der Waals surface area contributed by atoms with Crippen LogP contribution in [-0.4, -0.2) is 27.5 Å². The van der Waals surface area contributed by atoms with Gasteiger partial charge in [0.25, 0.3) is 0 Å². The number of esters is 1. The van der Waals surface area contributed by atoms with E-state index in [9.17, 15) is 4.79 Å². The zero-order valence-electron chi connectivity index (χ0n) is 16.9. The lowest BCUT2D eigenvalue weighted by Gasteiger charge is -2.11. The average molecular weight is 451 g/mol. The van der Waals surface area contributed by atoms with Crippen molar-refractivity contribution in [1.29, 1.82) is 0 Å². The first-order valence-electron chi connectivity index (χ1n) is 9.63. The number of carbonyl (C=O) groups excluding carboxylic acids is 1. The molecule has 6 nitrogen and oxygen atoms in total. The fourth-order valence-electron chi connectivity index (χ4n) is 2.92. The number of nitrogens with one attached hydrogen (secondary N) is 1. The number of aromatic nitrogens is 3. The molecule has 0 aliphatic carbocycles. The maximum absolute atomic E-state index is 12.2. The van der Waals surface area contributed by atoms with Gasteiger partial charge in [0.15, 0.2) is 0 Å². The lowest BCUT2D eigenvalue weighted by molar-refractivity contribution is 0.0526. The predicted molar refractivity (Wildman–Crippen MR) is 124 cm³/mol. The van der Waals surface area contributed by atoms with Crippen LogP contribution in [0.25, 0.3) is 21.8 Å². The van der Waals surface area contributed by atoms with E-state index in [1.165, 1.54) is 6.20 Å². The zero-order valence-corrected chi connectivity index (χ0v) is 18.5. The number of hydrogen-bond donors (Lipinski definition) is 1. The predicted octanol–water partition coefficient (Wildman–Crippen LogP) is 6.15. The molecule has 0 saturated carbocycles. The van der Waals surface area contributed by atoms with Gasteiger partial charge < -0.3 is 10.1 Å². The Morgan fingerprint density at radius 2 is 1.77 bits per heavy atom. The molecule has 31 heavy (non-hydrogen) atoms. The molecule has 0 fully saturated rings. The van der Waals surface area contributed by atoms with Gasteiger partial charge in [0.1, 0.15) is 22.2 Å². The van der Waals surface area contributed by atoms with Gasteiger partial charge in [-0.1, -0.05) is 35.9 Å². The molecular weight excluding hydrogens is 432 g/mol. The summed E-state index contributed by atoms with van der Waals surface area (Å²) in [6.45, 7) is 3.81. The summed E-state index contributed by atoms with van der Waals surface area (Å²) in [4.78, 5) is 25.4. The molecule has 0 aliphatic heterocycles. The second-order valence-corrected chi connectivity index (χ2v) is 7.94. The van der Waals surface area contributed by atoms with Crippen molar-refractivity contribution in [3.63, 3.8) is 0 Å². The highest BCUT2D eigenvalue weighted by Gasteiger charge is 2.15. The van der Waals surface area contributed by atoms with Crippen LogP contribution in [0.2, 0.25) is 5.02 Å². The van der Waals surface area contributed by atoms with Crippen LogP contribution in [-0.2, 0) is 4.74 Å². The third-order valence-electron chi connectivity index (χ3n) is 4.44. The highest BCUT2D eigenvalue weighted by molar-refractivity contribution is 7.13. The average Bonchev–Trinajstić information content (AvgIpc) is 3.25. The fourth-order valence-corrected chi connectivity index (χ4v) is 3.88. The van der Waals surface area contributed by atoms with Gasteiger partial charge in [-0.05, 0) is 38.1 Å². The van der Waals surface area contributed by atoms with Crippen molar-refractivity contribution in [2.45, 2.75) is 13.8 Å². The SMILES string of the molecule is CCOC(=O)c1cnc(C)nc1Nc1ccc(-c2csc(-c3ccc(Cl)cc3)n2)cc1. The molecule has 156 valence electrons. The maximum Gasteiger partial charge on any atom is 0.343 e. The first kappa shape index (κ1) is 21.0. The van der Waals surface area contributed by atoms with Crippen LogP contribution in [0.4, 0.5) is 11.5 Å². The molecule has 2 aromatic carbocycles. The number of nitrogens with zero attached hydrogens (tertiary/aromatic N) is 3. The maximum atomic E-state index is 12.2. The number of anilines is 2. The van der Waals surface area contributed by atoms with Gasteiger partial charge in [0.05, 0.1) is 12.3 Å². The smallest absolute Gasteiger partial charge is 0.343 e. The van der Waals surface area contributed by atoms with Crippen LogP contribution in [0.15, 0.2) is 60.1 Å². The van der Waals surface area contributed by atoms with Gasteiger partial charge in [-0.25, -0.2) is 19.7 Å². The van der Waals surface area contributed by atoms with Crippen LogP contribution in [0.3, 0.4) is 0 Å². The van der Waals surface area contributed by atoms with Crippen LogP contribution in [0.1, 0.15) is 23.1 Å². The molecule has 0 radical (unpaired) electrons. The van der Waals surface area contributed by atoms with Gasteiger partial charge in [-0.3, -0.25) is 0 Å². The second kappa shape index (κ2) is 9.24. The summed E-state index contributed by atoms with van der Waals surface area (Å²) in [5, 5.41) is 6.85. The first-order chi connectivity index (χ1) is 15.0. The highest BCUT2D eigenvalue weighted by Crippen LogP contribution is 2.30.